The SMILES string of the molecule is Cc1ccc(CN2C(=O)[C@@]3(C(C#N)=C(N)Oc4c3c(C)nn4-c3ccccc3)c3ccccc32)cc1. The summed E-state index contributed by atoms with van der Waals surface area (Å²) in [5.41, 5.74) is 10.5. The number of nitrogens with zero attached hydrogens (tertiary/aromatic N) is 4. The number of carbonyl (C=O) groups excluding carboxylic acids is 1. The topological polar surface area (TPSA) is 97.2 Å². The monoisotopic (exact) mass is 473 g/mol. The third-order valence-electron chi connectivity index (χ3n) is 6.96. The second-order valence-electron chi connectivity index (χ2n) is 9.11. The van der Waals surface area contributed by atoms with Crippen LogP contribution in [0.5, 0.6) is 5.88 Å². The van der Waals surface area contributed by atoms with Gasteiger partial charge >= 0.3 is 0 Å². The molecule has 7 heteroatoms. The molecule has 0 saturated carbocycles. The van der Waals surface area contributed by atoms with E-state index in [2.05, 4.69) is 6.07 Å². The molecule has 1 aromatic heterocycles. The van der Waals surface area contributed by atoms with Gasteiger partial charge in [0.25, 0.3) is 0 Å². The Morgan fingerprint density at radius 2 is 1.69 bits per heavy atom. The van der Waals surface area contributed by atoms with Crippen molar-refractivity contribution in [1.82, 2.24) is 9.78 Å². The number of para-hydroxylation sites is 2. The van der Waals surface area contributed by atoms with Crippen molar-refractivity contribution in [1.29, 1.82) is 5.26 Å². The van der Waals surface area contributed by atoms with E-state index < -0.39 is 5.41 Å². The molecule has 36 heavy (non-hydrogen) atoms. The summed E-state index contributed by atoms with van der Waals surface area (Å²) < 4.78 is 7.67. The molecule has 3 aromatic carbocycles. The number of nitriles is 1. The first-order valence-electron chi connectivity index (χ1n) is 11.7. The molecule has 0 radical (unpaired) electrons. The van der Waals surface area contributed by atoms with Crippen molar-refractivity contribution in [3.8, 4) is 17.6 Å². The molecule has 4 aromatic rings. The predicted molar refractivity (Wildman–Crippen MR) is 135 cm³/mol. The second-order valence-corrected chi connectivity index (χ2v) is 9.11. The van der Waals surface area contributed by atoms with Crippen LogP contribution in [0.2, 0.25) is 0 Å². The summed E-state index contributed by atoms with van der Waals surface area (Å²) in [7, 11) is 0. The van der Waals surface area contributed by atoms with E-state index in [0.29, 0.717) is 29.2 Å². The third-order valence-corrected chi connectivity index (χ3v) is 6.96. The highest BCUT2D eigenvalue weighted by molar-refractivity contribution is 6.14. The Morgan fingerprint density at radius 3 is 2.42 bits per heavy atom. The lowest BCUT2D eigenvalue weighted by atomic mass is 9.69. The van der Waals surface area contributed by atoms with Crippen LogP contribution in [-0.2, 0) is 16.8 Å². The van der Waals surface area contributed by atoms with E-state index in [-0.39, 0.29) is 17.4 Å². The van der Waals surface area contributed by atoms with Gasteiger partial charge < -0.3 is 15.4 Å². The Hall–Kier alpha value is -4.83. The minimum absolute atomic E-state index is 0.0783. The lowest BCUT2D eigenvalue weighted by molar-refractivity contribution is -0.121. The first kappa shape index (κ1) is 21.7. The summed E-state index contributed by atoms with van der Waals surface area (Å²) in [4.78, 5) is 16.3. The number of hydrogen-bond acceptors (Lipinski definition) is 5. The number of rotatable bonds is 3. The van der Waals surface area contributed by atoms with E-state index >= 15 is 0 Å². The maximum atomic E-state index is 14.6. The van der Waals surface area contributed by atoms with Crippen molar-refractivity contribution in [3.05, 3.63) is 118 Å². The maximum Gasteiger partial charge on any atom is 0.248 e. The lowest BCUT2D eigenvalue weighted by Gasteiger charge is -2.33. The molecule has 1 atom stereocenters. The average molecular weight is 474 g/mol. The molecule has 0 bridgehead atoms. The maximum absolute atomic E-state index is 14.6. The summed E-state index contributed by atoms with van der Waals surface area (Å²) >= 11 is 0. The van der Waals surface area contributed by atoms with Gasteiger partial charge in [-0.05, 0) is 37.6 Å². The average Bonchev–Trinajstić information content (AvgIpc) is 3.34. The van der Waals surface area contributed by atoms with Crippen LogP contribution in [0.25, 0.3) is 5.69 Å². The summed E-state index contributed by atoms with van der Waals surface area (Å²) in [6.45, 7) is 4.22. The van der Waals surface area contributed by atoms with Crippen molar-refractivity contribution in [2.24, 2.45) is 5.73 Å². The standard InChI is InChI=1S/C29H23N5O2/c1-18-12-14-20(15-13-18)17-33-24-11-7-6-10-22(24)29(28(33)35)23(16-30)26(31)36-27-25(29)19(2)32-34(27)21-8-4-3-5-9-21/h3-15H,17,31H2,1-2H3/t29-/m1/s1. The predicted octanol–water partition coefficient (Wildman–Crippen LogP) is 4.41. The molecule has 0 saturated heterocycles. The van der Waals surface area contributed by atoms with Crippen LogP contribution in [0.3, 0.4) is 0 Å². The second kappa shape index (κ2) is 7.85. The Labute approximate surface area is 208 Å². The molecule has 0 unspecified atom stereocenters. The summed E-state index contributed by atoms with van der Waals surface area (Å²) in [5.74, 6) is 0.00185. The van der Waals surface area contributed by atoms with Crippen LogP contribution < -0.4 is 15.4 Å². The molecule has 0 fully saturated rings. The Morgan fingerprint density at radius 1 is 1.00 bits per heavy atom. The molecular formula is C29H23N5O2. The number of aromatic nitrogens is 2. The zero-order valence-corrected chi connectivity index (χ0v) is 19.9. The van der Waals surface area contributed by atoms with Gasteiger partial charge in [-0.15, -0.1) is 0 Å². The lowest BCUT2D eigenvalue weighted by Crippen LogP contribution is -2.46. The van der Waals surface area contributed by atoms with Gasteiger partial charge in [0.15, 0.2) is 0 Å². The fraction of sp³-hybridized carbons (Fsp3) is 0.138. The van der Waals surface area contributed by atoms with Crippen LogP contribution >= 0.6 is 0 Å². The van der Waals surface area contributed by atoms with Crippen molar-refractivity contribution in [2.75, 3.05) is 4.90 Å². The van der Waals surface area contributed by atoms with Crippen LogP contribution in [0.1, 0.15) is 27.9 Å². The van der Waals surface area contributed by atoms with Crippen LogP contribution in [0, 0.1) is 25.2 Å². The van der Waals surface area contributed by atoms with E-state index in [1.165, 1.54) is 0 Å². The highest BCUT2D eigenvalue weighted by atomic mass is 16.5. The zero-order chi connectivity index (χ0) is 25.0. The third kappa shape index (κ3) is 2.85. The Kier molecular flexibility index (Phi) is 4.73. The molecule has 1 amide bonds. The minimum Gasteiger partial charge on any atom is -0.422 e. The highest BCUT2D eigenvalue weighted by Gasteiger charge is 2.61. The van der Waals surface area contributed by atoms with Gasteiger partial charge in [0.2, 0.25) is 17.7 Å². The van der Waals surface area contributed by atoms with Gasteiger partial charge in [0, 0.05) is 11.3 Å². The number of fused-ring (bicyclic) bond motifs is 4. The number of anilines is 1. The molecule has 7 nitrogen and oxygen atoms in total. The van der Waals surface area contributed by atoms with Crippen LogP contribution in [-0.4, -0.2) is 15.7 Å². The fourth-order valence-corrected chi connectivity index (χ4v) is 5.35. The van der Waals surface area contributed by atoms with Crippen molar-refractivity contribution < 1.29 is 9.53 Å². The fourth-order valence-electron chi connectivity index (χ4n) is 5.35. The van der Waals surface area contributed by atoms with Crippen molar-refractivity contribution in [3.63, 3.8) is 0 Å². The van der Waals surface area contributed by atoms with Gasteiger partial charge in [0.1, 0.15) is 17.1 Å². The van der Waals surface area contributed by atoms with Gasteiger partial charge in [-0.2, -0.15) is 10.4 Å². The van der Waals surface area contributed by atoms with Crippen LogP contribution in [0.15, 0.2) is 90.3 Å². The largest absolute Gasteiger partial charge is 0.422 e. The van der Waals surface area contributed by atoms with E-state index in [0.717, 1.165) is 22.5 Å². The van der Waals surface area contributed by atoms with Gasteiger partial charge in [-0.3, -0.25) is 4.79 Å². The summed E-state index contributed by atoms with van der Waals surface area (Å²) in [6.07, 6.45) is 0. The Bertz CT molecular complexity index is 1600. The smallest absolute Gasteiger partial charge is 0.248 e. The first-order valence-corrected chi connectivity index (χ1v) is 11.7. The number of aryl methyl sites for hydroxylation is 2. The van der Waals surface area contributed by atoms with E-state index in [1.54, 1.807) is 9.58 Å². The molecular weight excluding hydrogens is 450 g/mol. The molecule has 6 rings (SSSR count). The summed E-state index contributed by atoms with van der Waals surface area (Å²) in [5, 5.41) is 15.1. The minimum atomic E-state index is -1.45. The number of amides is 1. The molecule has 2 N–H and O–H groups in total. The molecule has 2 aliphatic heterocycles. The first-order chi connectivity index (χ1) is 17.5. The molecule has 2 aliphatic rings. The van der Waals surface area contributed by atoms with Gasteiger partial charge in [-0.25, -0.2) is 4.68 Å². The van der Waals surface area contributed by atoms with Crippen molar-refractivity contribution >= 4 is 11.6 Å². The number of benzene rings is 3. The highest BCUT2D eigenvalue weighted by Crippen LogP contribution is 2.56. The summed E-state index contributed by atoms with van der Waals surface area (Å²) in [6, 6.07) is 27.4. The van der Waals surface area contributed by atoms with Gasteiger partial charge in [-0.1, -0.05) is 66.2 Å². The van der Waals surface area contributed by atoms with Crippen molar-refractivity contribution in [2.45, 2.75) is 25.8 Å². The number of carbonyl (C=O) groups is 1. The van der Waals surface area contributed by atoms with E-state index in [4.69, 9.17) is 15.6 Å². The van der Waals surface area contributed by atoms with E-state index in [9.17, 15) is 10.1 Å². The number of hydrogen-bond donors (Lipinski definition) is 1. The molecule has 3 heterocycles. The van der Waals surface area contributed by atoms with Crippen LogP contribution in [0.4, 0.5) is 5.69 Å². The number of ether oxygens (including phenoxy) is 1. The molecule has 0 aliphatic carbocycles. The normalized spacial score (nSPS) is 18.1. The molecule has 1 spiro atoms. The zero-order valence-electron chi connectivity index (χ0n) is 19.9. The quantitative estimate of drug-likeness (QED) is 0.475. The Balaban J connectivity index is 1.62. The molecule has 176 valence electrons. The van der Waals surface area contributed by atoms with Gasteiger partial charge in [0.05, 0.1) is 23.5 Å². The van der Waals surface area contributed by atoms with E-state index in [1.807, 2.05) is 92.7 Å². The number of nitrogens with two attached hydrogens (primary N) is 1.